The zero-order chi connectivity index (χ0) is 33.4. The number of hydrogen-bond acceptors (Lipinski definition) is 4. The molecule has 4 aromatic rings. The van der Waals surface area contributed by atoms with Crippen LogP contribution in [0, 0.1) is 6.92 Å². The molecular formula is C37H39Cl2N3O4S. The fourth-order valence-electron chi connectivity index (χ4n) is 5.90. The van der Waals surface area contributed by atoms with Crippen LogP contribution in [0.25, 0.3) is 0 Å². The molecule has 1 aliphatic rings. The summed E-state index contributed by atoms with van der Waals surface area (Å²) in [6, 6.07) is 28.7. The molecule has 0 heterocycles. The maximum atomic E-state index is 14.7. The second-order valence-corrected chi connectivity index (χ2v) is 14.7. The van der Waals surface area contributed by atoms with Crippen LogP contribution in [0.1, 0.15) is 48.8 Å². The number of amides is 2. The summed E-state index contributed by atoms with van der Waals surface area (Å²) in [5, 5.41) is 3.60. The van der Waals surface area contributed by atoms with Crippen LogP contribution in [0.4, 0.5) is 5.69 Å². The summed E-state index contributed by atoms with van der Waals surface area (Å²) in [7, 11) is -4.29. The fraction of sp³-hybridized carbons (Fsp3) is 0.297. The Hall–Kier alpha value is -3.85. The van der Waals surface area contributed by atoms with Crippen LogP contribution < -0.4 is 9.62 Å². The Morgan fingerprint density at radius 2 is 1.47 bits per heavy atom. The Labute approximate surface area is 287 Å². The molecule has 0 saturated heterocycles. The van der Waals surface area contributed by atoms with Crippen molar-refractivity contribution >= 4 is 50.7 Å². The number of rotatable bonds is 12. The topological polar surface area (TPSA) is 86.8 Å². The lowest BCUT2D eigenvalue weighted by molar-refractivity contribution is -0.140. The number of nitrogens with zero attached hydrogens (tertiary/aromatic N) is 2. The minimum Gasteiger partial charge on any atom is -0.352 e. The predicted molar refractivity (Wildman–Crippen MR) is 188 cm³/mol. The first kappa shape index (κ1) is 34.5. The van der Waals surface area contributed by atoms with E-state index in [-0.39, 0.29) is 45.5 Å². The molecule has 0 aromatic heterocycles. The number of sulfonamides is 1. The van der Waals surface area contributed by atoms with E-state index in [1.807, 2.05) is 61.5 Å². The molecule has 10 heteroatoms. The third-order valence-electron chi connectivity index (χ3n) is 8.48. The van der Waals surface area contributed by atoms with Gasteiger partial charge in [-0.3, -0.25) is 13.9 Å². The minimum atomic E-state index is -4.29. The summed E-state index contributed by atoms with van der Waals surface area (Å²) in [6.45, 7) is 1.46. The van der Waals surface area contributed by atoms with Crippen molar-refractivity contribution in [2.45, 2.75) is 69.0 Å². The molecule has 1 saturated carbocycles. The Bertz CT molecular complexity index is 1760. The number of benzene rings is 4. The maximum absolute atomic E-state index is 14.7. The van der Waals surface area contributed by atoms with Gasteiger partial charge in [-0.15, -0.1) is 0 Å². The molecule has 0 bridgehead atoms. The second-order valence-electron chi connectivity index (χ2n) is 12.0. The second kappa shape index (κ2) is 15.8. The SMILES string of the molecule is Cc1ccc(CN(C(=O)CN(c2cc(Cl)ccc2Cl)S(=O)(=O)c2ccccc2)[C@H](Cc2ccccc2)C(=O)NC2CCCCC2)cc1. The van der Waals surface area contributed by atoms with E-state index >= 15 is 0 Å². The molecule has 0 aliphatic heterocycles. The highest BCUT2D eigenvalue weighted by Crippen LogP contribution is 2.33. The lowest BCUT2D eigenvalue weighted by Gasteiger charge is -2.35. The summed E-state index contributed by atoms with van der Waals surface area (Å²) in [5.41, 5.74) is 2.81. The van der Waals surface area contributed by atoms with Crippen molar-refractivity contribution in [3.05, 3.63) is 130 Å². The highest BCUT2D eigenvalue weighted by atomic mass is 35.5. The third kappa shape index (κ3) is 8.95. The number of aryl methyl sites for hydroxylation is 1. The number of hydrogen-bond donors (Lipinski definition) is 1. The molecule has 0 unspecified atom stereocenters. The minimum absolute atomic E-state index is 0.00944. The summed E-state index contributed by atoms with van der Waals surface area (Å²) in [6.07, 6.45) is 5.22. The van der Waals surface area contributed by atoms with Gasteiger partial charge in [0.05, 0.1) is 15.6 Å². The average Bonchev–Trinajstić information content (AvgIpc) is 3.08. The molecule has 0 radical (unpaired) electrons. The Balaban J connectivity index is 1.58. The van der Waals surface area contributed by atoms with E-state index in [1.165, 1.54) is 29.2 Å². The van der Waals surface area contributed by atoms with E-state index < -0.39 is 28.5 Å². The molecule has 0 spiro atoms. The Morgan fingerprint density at radius 1 is 0.830 bits per heavy atom. The average molecular weight is 693 g/mol. The third-order valence-corrected chi connectivity index (χ3v) is 10.8. The first-order chi connectivity index (χ1) is 22.6. The predicted octanol–water partition coefficient (Wildman–Crippen LogP) is 7.59. The number of carbonyl (C=O) groups is 2. The largest absolute Gasteiger partial charge is 0.352 e. The first-order valence-electron chi connectivity index (χ1n) is 15.8. The zero-order valence-electron chi connectivity index (χ0n) is 26.3. The van der Waals surface area contributed by atoms with Gasteiger partial charge in [-0.1, -0.05) is 121 Å². The molecular weight excluding hydrogens is 653 g/mol. The first-order valence-corrected chi connectivity index (χ1v) is 18.0. The highest BCUT2D eigenvalue weighted by molar-refractivity contribution is 7.92. The maximum Gasteiger partial charge on any atom is 0.264 e. The van der Waals surface area contributed by atoms with Gasteiger partial charge >= 0.3 is 0 Å². The molecule has 1 atom stereocenters. The van der Waals surface area contributed by atoms with Crippen LogP contribution in [0.3, 0.4) is 0 Å². The molecule has 5 rings (SSSR count). The van der Waals surface area contributed by atoms with E-state index in [1.54, 1.807) is 24.3 Å². The van der Waals surface area contributed by atoms with Crippen LogP contribution in [0.5, 0.6) is 0 Å². The van der Waals surface area contributed by atoms with Gasteiger partial charge in [0.1, 0.15) is 12.6 Å². The number of carbonyl (C=O) groups excluding carboxylic acids is 2. The molecule has 1 N–H and O–H groups in total. The Kier molecular flexibility index (Phi) is 11.6. The van der Waals surface area contributed by atoms with Gasteiger partial charge < -0.3 is 10.2 Å². The van der Waals surface area contributed by atoms with Gasteiger partial charge in [0, 0.05) is 24.0 Å². The van der Waals surface area contributed by atoms with Crippen molar-refractivity contribution in [1.29, 1.82) is 0 Å². The summed E-state index contributed by atoms with van der Waals surface area (Å²) >= 11 is 12.9. The quantitative estimate of drug-likeness (QED) is 0.166. The van der Waals surface area contributed by atoms with Crippen LogP contribution in [-0.4, -0.2) is 43.8 Å². The number of nitrogens with one attached hydrogen (secondary N) is 1. The lowest BCUT2D eigenvalue weighted by atomic mass is 9.94. The van der Waals surface area contributed by atoms with E-state index in [4.69, 9.17) is 23.2 Å². The van der Waals surface area contributed by atoms with Gasteiger partial charge in [0.2, 0.25) is 11.8 Å². The molecule has 47 heavy (non-hydrogen) atoms. The summed E-state index contributed by atoms with van der Waals surface area (Å²) < 4.78 is 29.3. The van der Waals surface area contributed by atoms with E-state index in [0.29, 0.717) is 0 Å². The van der Waals surface area contributed by atoms with Gasteiger partial charge in [-0.25, -0.2) is 8.42 Å². The highest BCUT2D eigenvalue weighted by Gasteiger charge is 2.36. The monoisotopic (exact) mass is 691 g/mol. The van der Waals surface area contributed by atoms with Gasteiger partial charge in [-0.2, -0.15) is 0 Å². The standard InChI is InChI=1S/C37H39Cl2N3O4S/c1-27-17-19-29(20-18-27)25-41(35(23-28-11-5-2-6-12-28)37(44)40-31-13-7-3-8-14-31)36(43)26-42(34-24-30(38)21-22-33(34)39)47(45,46)32-15-9-4-10-16-32/h2,4-6,9-12,15-22,24,31,35H,3,7-8,13-14,23,25-26H2,1H3,(H,40,44)/t35-/m1/s1. The number of anilines is 1. The molecule has 246 valence electrons. The van der Waals surface area contributed by atoms with Crippen LogP contribution in [0.15, 0.2) is 108 Å². The smallest absolute Gasteiger partial charge is 0.264 e. The molecule has 1 fully saturated rings. The number of halogens is 2. The molecule has 7 nitrogen and oxygen atoms in total. The van der Waals surface area contributed by atoms with Gasteiger partial charge in [0.15, 0.2) is 0 Å². The van der Waals surface area contributed by atoms with Crippen molar-refractivity contribution in [3.8, 4) is 0 Å². The van der Waals surface area contributed by atoms with E-state index in [9.17, 15) is 18.0 Å². The van der Waals surface area contributed by atoms with Crippen molar-refractivity contribution in [1.82, 2.24) is 10.2 Å². The van der Waals surface area contributed by atoms with Crippen LogP contribution in [0.2, 0.25) is 10.0 Å². The van der Waals surface area contributed by atoms with Crippen LogP contribution in [-0.2, 0) is 32.6 Å². The van der Waals surface area contributed by atoms with Gasteiger partial charge in [0.25, 0.3) is 10.0 Å². The molecule has 1 aliphatic carbocycles. The van der Waals surface area contributed by atoms with E-state index in [0.717, 1.165) is 53.1 Å². The molecule has 2 amide bonds. The summed E-state index contributed by atoms with van der Waals surface area (Å²) in [4.78, 5) is 30.4. The fourth-order valence-corrected chi connectivity index (χ4v) is 7.78. The van der Waals surface area contributed by atoms with Crippen molar-refractivity contribution in [2.24, 2.45) is 0 Å². The summed E-state index contributed by atoms with van der Waals surface area (Å²) in [5.74, 6) is -0.819. The van der Waals surface area contributed by atoms with Gasteiger partial charge in [-0.05, 0) is 61.2 Å². The zero-order valence-corrected chi connectivity index (χ0v) is 28.6. The lowest BCUT2D eigenvalue weighted by Crippen LogP contribution is -2.55. The normalized spacial score (nSPS) is 14.3. The van der Waals surface area contributed by atoms with Crippen molar-refractivity contribution in [2.75, 3.05) is 10.8 Å². The Morgan fingerprint density at radius 3 is 2.13 bits per heavy atom. The van der Waals surface area contributed by atoms with Crippen LogP contribution >= 0.6 is 23.2 Å². The van der Waals surface area contributed by atoms with Crippen molar-refractivity contribution < 1.29 is 18.0 Å². The van der Waals surface area contributed by atoms with E-state index in [2.05, 4.69) is 5.32 Å². The van der Waals surface area contributed by atoms with Crippen molar-refractivity contribution in [3.63, 3.8) is 0 Å². The molecule has 4 aromatic carbocycles.